The summed E-state index contributed by atoms with van der Waals surface area (Å²) >= 11 is 6.14. The number of methoxy groups -OCH3 is 1. The number of rotatable bonds is 6. The Kier molecular flexibility index (Phi) is 5.88. The third-order valence-corrected chi connectivity index (χ3v) is 3.71. The van der Waals surface area contributed by atoms with Crippen molar-refractivity contribution in [3.63, 3.8) is 0 Å². The Morgan fingerprint density at radius 2 is 1.76 bits per heavy atom. The van der Waals surface area contributed by atoms with Gasteiger partial charge in [-0.3, -0.25) is 4.79 Å². The predicted molar refractivity (Wildman–Crippen MR) is 93.6 cm³/mol. The highest BCUT2D eigenvalue weighted by molar-refractivity contribution is 6.32. The highest BCUT2D eigenvalue weighted by Gasteiger charge is 2.19. The molecule has 0 fully saturated rings. The van der Waals surface area contributed by atoms with Crippen LogP contribution >= 0.6 is 11.6 Å². The molecule has 0 radical (unpaired) electrons. The third-order valence-electron chi connectivity index (χ3n) is 3.43. The molecule has 2 aromatic carbocycles. The first-order chi connectivity index (χ1) is 11.8. The number of halogens is 1. The van der Waals surface area contributed by atoms with Crippen molar-refractivity contribution in [3.8, 4) is 17.2 Å². The zero-order valence-electron chi connectivity index (χ0n) is 14.1. The number of aryl methyl sites for hydroxylation is 2. The maximum atomic E-state index is 12.5. The van der Waals surface area contributed by atoms with Crippen LogP contribution in [0, 0.1) is 13.8 Å². The number of amides is 1. The molecule has 0 bridgehead atoms. The van der Waals surface area contributed by atoms with E-state index < -0.39 is 11.9 Å². The smallest absolute Gasteiger partial charge is 0.343 e. The Bertz CT molecular complexity index is 799. The standard InChI is InChI=1S/C18H18ClNO5/c1-10-5-4-6-11(2)16(10)25-18(22)12-7-13(19)17(14(8-12)23-3)24-9-15(20)21/h4-8H,9H2,1-3H3,(H2,20,21). The number of hydrogen-bond donors (Lipinski definition) is 1. The average molecular weight is 364 g/mol. The highest BCUT2D eigenvalue weighted by Crippen LogP contribution is 2.37. The van der Waals surface area contributed by atoms with Gasteiger partial charge in [0.05, 0.1) is 17.7 Å². The van der Waals surface area contributed by atoms with Crippen LogP contribution in [0.25, 0.3) is 0 Å². The summed E-state index contributed by atoms with van der Waals surface area (Å²) in [4.78, 5) is 23.3. The first-order valence-corrected chi connectivity index (χ1v) is 7.78. The Balaban J connectivity index is 2.31. The third kappa shape index (κ3) is 4.42. The van der Waals surface area contributed by atoms with E-state index in [-0.39, 0.29) is 28.7 Å². The minimum absolute atomic E-state index is 0.106. The van der Waals surface area contributed by atoms with Gasteiger partial charge in [-0.25, -0.2) is 4.79 Å². The zero-order chi connectivity index (χ0) is 18.6. The molecule has 7 heteroatoms. The van der Waals surface area contributed by atoms with Gasteiger partial charge in [0.1, 0.15) is 5.75 Å². The number of hydrogen-bond acceptors (Lipinski definition) is 5. The van der Waals surface area contributed by atoms with Crippen LogP contribution in [-0.4, -0.2) is 25.6 Å². The number of carbonyl (C=O) groups excluding carboxylic acids is 2. The van der Waals surface area contributed by atoms with E-state index in [1.54, 1.807) is 0 Å². The summed E-state index contributed by atoms with van der Waals surface area (Å²) in [5.74, 6) is -0.416. The van der Waals surface area contributed by atoms with Gasteiger partial charge in [0.15, 0.2) is 18.1 Å². The summed E-state index contributed by atoms with van der Waals surface area (Å²) in [5, 5.41) is 0.106. The number of esters is 1. The number of primary amides is 1. The van der Waals surface area contributed by atoms with E-state index in [2.05, 4.69) is 0 Å². The molecule has 0 spiro atoms. The summed E-state index contributed by atoms with van der Waals surface area (Å²) in [6, 6.07) is 8.40. The summed E-state index contributed by atoms with van der Waals surface area (Å²) in [5.41, 5.74) is 6.92. The molecule has 2 aromatic rings. The van der Waals surface area contributed by atoms with Gasteiger partial charge in [-0.15, -0.1) is 0 Å². The minimum atomic E-state index is -0.656. The number of nitrogens with two attached hydrogens (primary N) is 1. The molecule has 0 aliphatic rings. The Labute approximate surface area is 150 Å². The molecule has 0 heterocycles. The number of para-hydroxylation sites is 1. The van der Waals surface area contributed by atoms with E-state index in [0.717, 1.165) is 11.1 Å². The lowest BCUT2D eigenvalue weighted by molar-refractivity contribution is -0.119. The number of ether oxygens (including phenoxy) is 3. The van der Waals surface area contributed by atoms with Crippen molar-refractivity contribution in [3.05, 3.63) is 52.0 Å². The van der Waals surface area contributed by atoms with Crippen LogP contribution in [0.3, 0.4) is 0 Å². The van der Waals surface area contributed by atoms with Crippen LogP contribution in [0.5, 0.6) is 17.2 Å². The van der Waals surface area contributed by atoms with E-state index in [1.165, 1.54) is 19.2 Å². The first-order valence-electron chi connectivity index (χ1n) is 7.40. The van der Waals surface area contributed by atoms with Gasteiger partial charge in [0.2, 0.25) is 0 Å². The maximum absolute atomic E-state index is 12.5. The molecule has 0 aliphatic heterocycles. The first kappa shape index (κ1) is 18.6. The van der Waals surface area contributed by atoms with Gasteiger partial charge >= 0.3 is 5.97 Å². The molecule has 25 heavy (non-hydrogen) atoms. The van der Waals surface area contributed by atoms with Crippen LogP contribution in [0.4, 0.5) is 0 Å². The summed E-state index contributed by atoms with van der Waals surface area (Å²) in [6.45, 7) is 3.34. The average Bonchev–Trinajstić information content (AvgIpc) is 2.56. The van der Waals surface area contributed by atoms with Gasteiger partial charge in [-0.05, 0) is 37.1 Å². The van der Waals surface area contributed by atoms with E-state index in [9.17, 15) is 9.59 Å². The molecule has 0 saturated carbocycles. The normalized spacial score (nSPS) is 10.2. The summed E-state index contributed by atoms with van der Waals surface area (Å²) in [6.07, 6.45) is 0. The fraction of sp³-hybridized carbons (Fsp3) is 0.222. The van der Waals surface area contributed by atoms with Crippen molar-refractivity contribution < 1.29 is 23.8 Å². The largest absolute Gasteiger partial charge is 0.493 e. The lowest BCUT2D eigenvalue weighted by Gasteiger charge is -2.14. The molecule has 0 aliphatic carbocycles. The summed E-state index contributed by atoms with van der Waals surface area (Å²) < 4.78 is 15.9. The van der Waals surface area contributed by atoms with Gasteiger partial charge < -0.3 is 19.9 Å². The fourth-order valence-electron chi connectivity index (χ4n) is 2.23. The summed E-state index contributed by atoms with van der Waals surface area (Å²) in [7, 11) is 1.39. The predicted octanol–water partition coefficient (Wildman–Crippen LogP) is 3.05. The molecule has 2 N–H and O–H groups in total. The molecule has 6 nitrogen and oxygen atoms in total. The Hall–Kier alpha value is -2.73. The minimum Gasteiger partial charge on any atom is -0.493 e. The Morgan fingerprint density at radius 3 is 2.32 bits per heavy atom. The SMILES string of the molecule is COc1cc(C(=O)Oc2c(C)cccc2C)cc(Cl)c1OCC(N)=O. The van der Waals surface area contributed by atoms with Crippen LogP contribution in [0.1, 0.15) is 21.5 Å². The highest BCUT2D eigenvalue weighted by atomic mass is 35.5. The molecule has 0 atom stereocenters. The van der Waals surface area contributed by atoms with Crippen molar-refractivity contribution in [1.82, 2.24) is 0 Å². The van der Waals surface area contributed by atoms with Gasteiger partial charge in [-0.2, -0.15) is 0 Å². The van der Waals surface area contributed by atoms with Gasteiger partial charge in [0.25, 0.3) is 5.91 Å². The molecular weight excluding hydrogens is 346 g/mol. The number of benzene rings is 2. The van der Waals surface area contributed by atoms with Crippen LogP contribution in [0.15, 0.2) is 30.3 Å². The molecule has 1 amide bonds. The van der Waals surface area contributed by atoms with Crippen molar-refractivity contribution in [2.75, 3.05) is 13.7 Å². The van der Waals surface area contributed by atoms with Crippen molar-refractivity contribution in [1.29, 1.82) is 0 Å². The molecule has 132 valence electrons. The van der Waals surface area contributed by atoms with Crippen LogP contribution in [-0.2, 0) is 4.79 Å². The van der Waals surface area contributed by atoms with Gasteiger partial charge in [0, 0.05) is 0 Å². The van der Waals surface area contributed by atoms with E-state index in [1.807, 2.05) is 32.0 Å². The molecule has 0 unspecified atom stereocenters. The second kappa shape index (κ2) is 7.90. The number of carbonyl (C=O) groups is 2. The van der Waals surface area contributed by atoms with Crippen molar-refractivity contribution in [2.24, 2.45) is 5.73 Å². The quantitative estimate of drug-likeness (QED) is 0.629. The van der Waals surface area contributed by atoms with Crippen LogP contribution in [0.2, 0.25) is 5.02 Å². The van der Waals surface area contributed by atoms with Gasteiger partial charge in [-0.1, -0.05) is 29.8 Å². The van der Waals surface area contributed by atoms with Crippen molar-refractivity contribution >= 4 is 23.5 Å². The van der Waals surface area contributed by atoms with E-state index >= 15 is 0 Å². The lowest BCUT2D eigenvalue weighted by atomic mass is 10.1. The monoisotopic (exact) mass is 363 g/mol. The van der Waals surface area contributed by atoms with E-state index in [4.69, 9.17) is 31.5 Å². The van der Waals surface area contributed by atoms with Crippen molar-refractivity contribution in [2.45, 2.75) is 13.8 Å². The molecule has 2 rings (SSSR count). The Morgan fingerprint density at radius 1 is 1.12 bits per heavy atom. The maximum Gasteiger partial charge on any atom is 0.343 e. The molecule has 0 aromatic heterocycles. The molecule has 0 saturated heterocycles. The zero-order valence-corrected chi connectivity index (χ0v) is 14.8. The fourth-order valence-corrected chi connectivity index (χ4v) is 2.50. The van der Waals surface area contributed by atoms with Crippen LogP contribution < -0.4 is 19.9 Å². The second-order valence-electron chi connectivity index (χ2n) is 5.35. The lowest BCUT2D eigenvalue weighted by Crippen LogP contribution is -2.20. The second-order valence-corrected chi connectivity index (χ2v) is 5.76. The molecular formula is C18H18ClNO5. The topological polar surface area (TPSA) is 87.8 Å². The van der Waals surface area contributed by atoms with E-state index in [0.29, 0.717) is 5.75 Å².